The van der Waals surface area contributed by atoms with E-state index in [1.807, 2.05) is 43.3 Å². The van der Waals surface area contributed by atoms with Crippen LogP contribution in [0, 0.1) is 6.92 Å². The Morgan fingerprint density at radius 1 is 1.16 bits per heavy atom. The Morgan fingerprint density at radius 2 is 1.84 bits per heavy atom. The van der Waals surface area contributed by atoms with Crippen LogP contribution in [0.3, 0.4) is 0 Å². The zero-order valence-electron chi connectivity index (χ0n) is 15.4. The van der Waals surface area contributed by atoms with Gasteiger partial charge in [-0.25, -0.2) is 4.79 Å². The van der Waals surface area contributed by atoms with Crippen LogP contribution in [0.25, 0.3) is 11.6 Å². The van der Waals surface area contributed by atoms with E-state index in [0.29, 0.717) is 18.1 Å². The summed E-state index contributed by atoms with van der Waals surface area (Å²) < 4.78 is 5.67. The first kappa shape index (κ1) is 18.8. The Bertz CT molecular complexity index is 755. The van der Waals surface area contributed by atoms with Crippen molar-refractivity contribution in [2.24, 2.45) is 0 Å². The van der Waals surface area contributed by atoms with Crippen LogP contribution >= 0.6 is 0 Å². The minimum absolute atomic E-state index is 0.280. The van der Waals surface area contributed by atoms with Gasteiger partial charge in [-0.3, -0.25) is 0 Å². The van der Waals surface area contributed by atoms with Crippen LogP contribution in [-0.2, 0) is 4.79 Å². The van der Waals surface area contributed by atoms with Crippen LogP contribution < -0.4 is 4.74 Å². The van der Waals surface area contributed by atoms with Gasteiger partial charge in [-0.15, -0.1) is 0 Å². The highest BCUT2D eigenvalue weighted by molar-refractivity contribution is 6.20. The fourth-order valence-corrected chi connectivity index (χ4v) is 2.60. The third kappa shape index (κ3) is 4.96. The van der Waals surface area contributed by atoms with E-state index in [0.717, 1.165) is 23.3 Å². The summed E-state index contributed by atoms with van der Waals surface area (Å²) in [6, 6.07) is 13.5. The fraction of sp³-hybridized carbons (Fsp3) is 0.318. The van der Waals surface area contributed by atoms with Gasteiger partial charge in [0.1, 0.15) is 5.75 Å². The van der Waals surface area contributed by atoms with Crippen molar-refractivity contribution in [3.8, 4) is 5.75 Å². The van der Waals surface area contributed by atoms with Gasteiger partial charge in [-0.1, -0.05) is 51.1 Å². The number of benzene rings is 2. The minimum Gasteiger partial charge on any atom is -0.493 e. The van der Waals surface area contributed by atoms with Crippen LogP contribution in [0.15, 0.2) is 42.5 Å². The van der Waals surface area contributed by atoms with Crippen molar-refractivity contribution in [3.05, 3.63) is 64.7 Å². The summed E-state index contributed by atoms with van der Waals surface area (Å²) in [5.74, 6) is 0.321. The Labute approximate surface area is 150 Å². The highest BCUT2D eigenvalue weighted by Crippen LogP contribution is 2.26. The van der Waals surface area contributed by atoms with Crippen molar-refractivity contribution in [2.75, 3.05) is 6.61 Å². The number of ether oxygens (including phenoxy) is 1. The molecule has 0 aliphatic heterocycles. The average molecular weight is 338 g/mol. The third-order valence-corrected chi connectivity index (χ3v) is 4.09. The molecule has 0 atom stereocenters. The van der Waals surface area contributed by atoms with Crippen molar-refractivity contribution in [2.45, 2.75) is 40.0 Å². The normalized spacial score (nSPS) is 11.6. The molecular formula is C22H26O3. The molecule has 0 saturated heterocycles. The second-order valence-electron chi connectivity index (χ2n) is 6.51. The first-order valence-electron chi connectivity index (χ1n) is 8.71. The van der Waals surface area contributed by atoms with Crippen LogP contribution in [0.5, 0.6) is 5.75 Å². The van der Waals surface area contributed by atoms with Crippen LogP contribution in [0.2, 0.25) is 0 Å². The first-order chi connectivity index (χ1) is 11.9. The first-order valence-corrected chi connectivity index (χ1v) is 8.71. The van der Waals surface area contributed by atoms with E-state index in [4.69, 9.17) is 4.74 Å². The molecule has 0 heterocycles. The minimum atomic E-state index is -0.936. The lowest BCUT2D eigenvalue weighted by molar-refractivity contribution is -0.130. The van der Waals surface area contributed by atoms with Crippen molar-refractivity contribution in [1.29, 1.82) is 0 Å². The molecule has 132 valence electrons. The Hall–Kier alpha value is -2.55. The van der Waals surface area contributed by atoms with Crippen molar-refractivity contribution in [1.82, 2.24) is 0 Å². The summed E-state index contributed by atoms with van der Waals surface area (Å²) in [5, 5.41) is 9.63. The second-order valence-corrected chi connectivity index (χ2v) is 6.51. The largest absolute Gasteiger partial charge is 0.493 e. The van der Waals surface area contributed by atoms with Crippen LogP contribution in [0.1, 0.15) is 55.4 Å². The molecule has 2 aromatic rings. The maximum atomic E-state index is 11.7. The smallest absolute Gasteiger partial charge is 0.336 e. The quantitative estimate of drug-likeness (QED) is 0.533. The lowest BCUT2D eigenvalue weighted by Crippen LogP contribution is -2.02. The number of carboxylic acid groups (broad SMARTS) is 1. The van der Waals surface area contributed by atoms with E-state index in [1.165, 1.54) is 5.56 Å². The van der Waals surface area contributed by atoms with Crippen molar-refractivity contribution < 1.29 is 14.6 Å². The zero-order chi connectivity index (χ0) is 18.4. The molecule has 2 aromatic carbocycles. The zero-order valence-corrected chi connectivity index (χ0v) is 15.4. The lowest BCUT2D eigenvalue weighted by atomic mass is 9.98. The van der Waals surface area contributed by atoms with Gasteiger partial charge in [-0.2, -0.15) is 0 Å². The van der Waals surface area contributed by atoms with E-state index >= 15 is 0 Å². The Kier molecular flexibility index (Phi) is 6.40. The maximum absolute atomic E-state index is 11.7. The number of aliphatic carboxylic acids is 1. The number of aryl methyl sites for hydroxylation is 1. The van der Waals surface area contributed by atoms with E-state index < -0.39 is 5.97 Å². The molecule has 0 aromatic heterocycles. The topological polar surface area (TPSA) is 46.5 Å². The van der Waals surface area contributed by atoms with Gasteiger partial charge in [0.05, 0.1) is 12.2 Å². The third-order valence-electron chi connectivity index (χ3n) is 4.09. The van der Waals surface area contributed by atoms with E-state index in [2.05, 4.69) is 20.8 Å². The van der Waals surface area contributed by atoms with Crippen molar-refractivity contribution in [3.63, 3.8) is 0 Å². The molecule has 0 aliphatic rings. The summed E-state index contributed by atoms with van der Waals surface area (Å²) >= 11 is 0. The molecule has 0 saturated carbocycles. The predicted octanol–water partition coefficient (Wildman–Crippen LogP) is 5.53. The molecule has 1 N–H and O–H groups in total. The van der Waals surface area contributed by atoms with Gasteiger partial charge in [0.2, 0.25) is 0 Å². The van der Waals surface area contributed by atoms with Gasteiger partial charge < -0.3 is 9.84 Å². The van der Waals surface area contributed by atoms with Gasteiger partial charge in [0.15, 0.2) is 0 Å². The molecule has 3 heteroatoms. The molecule has 0 bridgehead atoms. The van der Waals surface area contributed by atoms with Gasteiger partial charge in [0, 0.05) is 0 Å². The average Bonchev–Trinajstić information content (AvgIpc) is 2.58. The summed E-state index contributed by atoms with van der Waals surface area (Å²) in [6.45, 7) is 8.92. The molecule has 0 unspecified atom stereocenters. The molecule has 0 aliphatic carbocycles. The predicted molar refractivity (Wildman–Crippen MR) is 103 cm³/mol. The van der Waals surface area contributed by atoms with Gasteiger partial charge >= 0.3 is 5.97 Å². The lowest BCUT2D eigenvalue weighted by Gasteiger charge is -2.11. The number of carbonyl (C=O) groups is 1. The summed E-state index contributed by atoms with van der Waals surface area (Å²) in [4.78, 5) is 11.7. The van der Waals surface area contributed by atoms with E-state index in [-0.39, 0.29) is 5.57 Å². The van der Waals surface area contributed by atoms with Gasteiger partial charge in [-0.05, 0) is 59.7 Å². The Morgan fingerprint density at radius 3 is 2.36 bits per heavy atom. The molecule has 25 heavy (non-hydrogen) atoms. The molecule has 0 spiro atoms. The second kappa shape index (κ2) is 8.52. The highest BCUT2D eigenvalue weighted by Gasteiger charge is 2.12. The Balaban J connectivity index is 2.34. The molecule has 2 rings (SSSR count). The SMILES string of the molecule is CCCOc1ccc(/C(=C/c2ccc(C(C)C)cc2)C(=O)O)cc1C. The van der Waals surface area contributed by atoms with Crippen LogP contribution in [-0.4, -0.2) is 17.7 Å². The number of hydrogen-bond donors (Lipinski definition) is 1. The summed E-state index contributed by atoms with van der Waals surface area (Å²) in [5.41, 5.74) is 4.02. The monoisotopic (exact) mass is 338 g/mol. The van der Waals surface area contributed by atoms with E-state index in [9.17, 15) is 9.90 Å². The number of hydrogen-bond acceptors (Lipinski definition) is 2. The van der Waals surface area contributed by atoms with Gasteiger partial charge in [0.25, 0.3) is 0 Å². The molecule has 0 radical (unpaired) electrons. The molecule has 3 nitrogen and oxygen atoms in total. The van der Waals surface area contributed by atoms with E-state index in [1.54, 1.807) is 12.1 Å². The molecule has 0 fully saturated rings. The number of rotatable bonds is 7. The molecular weight excluding hydrogens is 312 g/mol. The van der Waals surface area contributed by atoms with Crippen molar-refractivity contribution >= 4 is 17.6 Å². The highest BCUT2D eigenvalue weighted by atomic mass is 16.5. The maximum Gasteiger partial charge on any atom is 0.336 e. The van der Waals surface area contributed by atoms with Crippen LogP contribution in [0.4, 0.5) is 0 Å². The summed E-state index contributed by atoms with van der Waals surface area (Å²) in [6.07, 6.45) is 2.65. The molecule has 0 amide bonds. The summed E-state index contributed by atoms with van der Waals surface area (Å²) in [7, 11) is 0. The fourth-order valence-electron chi connectivity index (χ4n) is 2.60. The standard InChI is InChI=1S/C22H26O3/c1-5-12-25-21-11-10-19(13-16(21)4)20(22(23)24)14-17-6-8-18(9-7-17)15(2)3/h6-11,13-15H,5,12H2,1-4H3,(H,23,24)/b20-14-. The number of carboxylic acids is 1.